The Bertz CT molecular complexity index is 868. The first-order valence-corrected chi connectivity index (χ1v) is 7.91. The van der Waals surface area contributed by atoms with E-state index in [0.717, 1.165) is 4.90 Å². The van der Waals surface area contributed by atoms with Crippen LogP contribution in [-0.2, 0) is 11.3 Å². The molecule has 8 nitrogen and oxygen atoms in total. The van der Waals surface area contributed by atoms with Gasteiger partial charge in [-0.25, -0.2) is 23.7 Å². The van der Waals surface area contributed by atoms with Gasteiger partial charge in [0.15, 0.2) is 6.04 Å². The molecule has 0 aromatic heterocycles. The molecule has 140 valence electrons. The molecular formula is C18H15FN2O6. The molecule has 2 aromatic carbocycles. The lowest BCUT2D eigenvalue weighted by atomic mass is 10.2. The van der Waals surface area contributed by atoms with Crippen molar-refractivity contribution in [1.29, 1.82) is 0 Å². The number of rotatable bonds is 5. The number of imide groups is 1. The van der Waals surface area contributed by atoms with Gasteiger partial charge >= 0.3 is 18.1 Å². The van der Waals surface area contributed by atoms with Crippen LogP contribution in [0.5, 0.6) is 11.5 Å². The minimum absolute atomic E-state index is 0.0588. The first kappa shape index (κ1) is 18.2. The van der Waals surface area contributed by atoms with Gasteiger partial charge in [-0.15, -0.1) is 0 Å². The summed E-state index contributed by atoms with van der Waals surface area (Å²) in [7, 11) is 0. The molecule has 9 heteroatoms. The predicted molar refractivity (Wildman–Crippen MR) is 90.0 cm³/mol. The Hall–Kier alpha value is -3.62. The number of carboxylic acid groups (broad SMARTS) is 2. The summed E-state index contributed by atoms with van der Waals surface area (Å²) in [5.74, 6) is -0.798. The summed E-state index contributed by atoms with van der Waals surface area (Å²) in [6, 6.07) is 9.84. The summed E-state index contributed by atoms with van der Waals surface area (Å²) in [5, 5.41) is 18.2. The van der Waals surface area contributed by atoms with E-state index in [-0.39, 0.29) is 18.9 Å². The Balaban J connectivity index is 1.67. The van der Waals surface area contributed by atoms with Crippen molar-refractivity contribution in [1.82, 2.24) is 9.80 Å². The van der Waals surface area contributed by atoms with Crippen LogP contribution in [0.1, 0.15) is 5.56 Å². The smallest absolute Gasteiger partial charge is 0.416 e. The summed E-state index contributed by atoms with van der Waals surface area (Å²) in [4.78, 5) is 35.9. The van der Waals surface area contributed by atoms with Gasteiger partial charge < -0.3 is 19.8 Å². The number of carboxylic acids is 1. The Morgan fingerprint density at radius 3 is 2.07 bits per heavy atom. The van der Waals surface area contributed by atoms with E-state index in [4.69, 9.17) is 14.9 Å². The number of benzene rings is 2. The van der Waals surface area contributed by atoms with E-state index < -0.39 is 24.1 Å². The molecular weight excluding hydrogens is 359 g/mol. The highest BCUT2D eigenvalue weighted by Crippen LogP contribution is 2.24. The molecule has 3 rings (SSSR count). The number of halogens is 1. The molecule has 3 amide bonds. The Morgan fingerprint density at radius 2 is 1.59 bits per heavy atom. The molecule has 0 unspecified atom stereocenters. The first-order chi connectivity index (χ1) is 12.8. The van der Waals surface area contributed by atoms with Crippen molar-refractivity contribution in [3.8, 4) is 11.5 Å². The standard InChI is InChI=1S/C18H15FN2O6/c19-12-3-7-14(8-4-12)27-13-5-1-11(2-6-13)9-20-10-15(16(22)23)21(17(20)24)18(25)26/h1-8,15H,9-10H2,(H,22,23)(H,25,26)/t15-/m1/s1. The number of ether oxygens (including phenoxy) is 1. The van der Waals surface area contributed by atoms with E-state index >= 15 is 0 Å². The third-order valence-electron chi connectivity index (χ3n) is 4.02. The highest BCUT2D eigenvalue weighted by atomic mass is 19.1. The summed E-state index contributed by atoms with van der Waals surface area (Å²) < 4.78 is 18.5. The van der Waals surface area contributed by atoms with E-state index in [9.17, 15) is 18.8 Å². The molecule has 0 bridgehead atoms. The molecule has 1 atom stereocenters. The van der Waals surface area contributed by atoms with E-state index in [2.05, 4.69) is 0 Å². The van der Waals surface area contributed by atoms with Gasteiger partial charge in [-0.3, -0.25) is 0 Å². The maximum Gasteiger partial charge on any atom is 0.416 e. The zero-order valence-electron chi connectivity index (χ0n) is 13.9. The van der Waals surface area contributed by atoms with Crippen LogP contribution in [0.2, 0.25) is 0 Å². The molecule has 2 aromatic rings. The second kappa shape index (κ2) is 7.32. The van der Waals surface area contributed by atoms with Gasteiger partial charge in [0.2, 0.25) is 0 Å². The van der Waals surface area contributed by atoms with Gasteiger partial charge in [0.1, 0.15) is 17.3 Å². The number of carbonyl (C=O) groups excluding carboxylic acids is 1. The zero-order valence-corrected chi connectivity index (χ0v) is 13.9. The quantitative estimate of drug-likeness (QED) is 0.833. The summed E-state index contributed by atoms with van der Waals surface area (Å²) in [6.45, 7) is -0.169. The van der Waals surface area contributed by atoms with Gasteiger partial charge in [-0.2, -0.15) is 0 Å². The molecule has 0 radical (unpaired) electrons. The fraction of sp³-hybridized carbons (Fsp3) is 0.167. The molecule has 0 aliphatic carbocycles. The third kappa shape index (κ3) is 3.97. The van der Waals surface area contributed by atoms with Crippen LogP contribution in [0.15, 0.2) is 48.5 Å². The maximum atomic E-state index is 12.9. The molecule has 1 aliphatic heterocycles. The summed E-state index contributed by atoms with van der Waals surface area (Å²) in [6.07, 6.45) is -1.60. The van der Waals surface area contributed by atoms with Gasteiger partial charge in [-0.05, 0) is 42.0 Å². The number of hydrogen-bond acceptors (Lipinski definition) is 4. The largest absolute Gasteiger partial charge is 0.480 e. The number of hydrogen-bond donors (Lipinski definition) is 2. The van der Waals surface area contributed by atoms with Crippen LogP contribution in [0.25, 0.3) is 0 Å². The number of amides is 3. The van der Waals surface area contributed by atoms with Crippen LogP contribution in [-0.4, -0.2) is 50.7 Å². The van der Waals surface area contributed by atoms with Crippen molar-refractivity contribution in [3.05, 3.63) is 59.9 Å². The molecule has 1 fully saturated rings. The summed E-state index contributed by atoms with van der Waals surface area (Å²) in [5.41, 5.74) is 0.672. The minimum Gasteiger partial charge on any atom is -0.480 e. The van der Waals surface area contributed by atoms with Crippen LogP contribution in [0, 0.1) is 5.82 Å². The molecule has 2 N–H and O–H groups in total. The second-order valence-corrected chi connectivity index (χ2v) is 5.87. The monoisotopic (exact) mass is 374 g/mol. The topological polar surface area (TPSA) is 107 Å². The van der Waals surface area contributed by atoms with E-state index in [1.54, 1.807) is 24.3 Å². The molecule has 0 saturated carbocycles. The number of aliphatic carboxylic acids is 1. The molecule has 1 aliphatic rings. The fourth-order valence-electron chi connectivity index (χ4n) is 2.71. The lowest BCUT2D eigenvalue weighted by Gasteiger charge is -2.16. The van der Waals surface area contributed by atoms with Crippen LogP contribution in [0.3, 0.4) is 0 Å². The Morgan fingerprint density at radius 1 is 1.04 bits per heavy atom. The Kier molecular flexibility index (Phi) is 4.93. The SMILES string of the molecule is O=C(O)[C@H]1CN(Cc2ccc(Oc3ccc(F)cc3)cc2)C(=O)N1C(=O)O. The van der Waals surface area contributed by atoms with Gasteiger partial charge in [0.25, 0.3) is 0 Å². The van der Waals surface area contributed by atoms with Crippen molar-refractivity contribution >= 4 is 18.1 Å². The summed E-state index contributed by atoms with van der Waals surface area (Å²) >= 11 is 0. The van der Waals surface area contributed by atoms with Crippen molar-refractivity contribution in [2.45, 2.75) is 12.6 Å². The molecule has 0 spiro atoms. The van der Waals surface area contributed by atoms with Crippen molar-refractivity contribution < 1.29 is 33.7 Å². The van der Waals surface area contributed by atoms with Crippen LogP contribution >= 0.6 is 0 Å². The average Bonchev–Trinajstić information content (AvgIpc) is 2.95. The lowest BCUT2D eigenvalue weighted by Crippen LogP contribution is -2.43. The molecule has 27 heavy (non-hydrogen) atoms. The predicted octanol–water partition coefficient (Wildman–Crippen LogP) is 2.99. The number of nitrogens with zero attached hydrogens (tertiary/aromatic N) is 2. The van der Waals surface area contributed by atoms with Crippen molar-refractivity contribution in [3.63, 3.8) is 0 Å². The Labute approximate surface area is 153 Å². The highest BCUT2D eigenvalue weighted by Gasteiger charge is 2.45. The van der Waals surface area contributed by atoms with Gasteiger partial charge in [-0.1, -0.05) is 12.1 Å². The van der Waals surface area contributed by atoms with Crippen LogP contribution < -0.4 is 4.74 Å². The van der Waals surface area contributed by atoms with E-state index in [1.807, 2.05) is 0 Å². The number of urea groups is 1. The molecule has 1 heterocycles. The van der Waals surface area contributed by atoms with Gasteiger partial charge in [0, 0.05) is 6.54 Å². The maximum absolute atomic E-state index is 12.9. The lowest BCUT2D eigenvalue weighted by molar-refractivity contribution is -0.140. The van der Waals surface area contributed by atoms with Crippen molar-refractivity contribution in [2.24, 2.45) is 0 Å². The highest BCUT2D eigenvalue weighted by molar-refractivity contribution is 5.97. The number of carbonyl (C=O) groups is 3. The van der Waals surface area contributed by atoms with Gasteiger partial charge in [0.05, 0.1) is 6.54 Å². The third-order valence-corrected chi connectivity index (χ3v) is 4.02. The van der Waals surface area contributed by atoms with E-state index in [0.29, 0.717) is 22.0 Å². The van der Waals surface area contributed by atoms with Crippen LogP contribution in [0.4, 0.5) is 14.0 Å². The fourth-order valence-corrected chi connectivity index (χ4v) is 2.71. The minimum atomic E-state index is -1.60. The van der Waals surface area contributed by atoms with E-state index in [1.165, 1.54) is 24.3 Å². The normalized spacial score (nSPS) is 16.5. The first-order valence-electron chi connectivity index (χ1n) is 7.91. The second-order valence-electron chi connectivity index (χ2n) is 5.87. The molecule has 1 saturated heterocycles. The van der Waals surface area contributed by atoms with Crippen molar-refractivity contribution in [2.75, 3.05) is 6.54 Å². The average molecular weight is 374 g/mol. The zero-order chi connectivity index (χ0) is 19.6.